The highest BCUT2D eigenvalue weighted by molar-refractivity contribution is 5.95. The molecule has 8 nitrogen and oxygen atoms in total. The second-order valence-corrected chi connectivity index (χ2v) is 11.7. The zero-order chi connectivity index (χ0) is 33.6. The van der Waals surface area contributed by atoms with Crippen LogP contribution in [0.4, 0.5) is 0 Å². The molecule has 0 saturated heterocycles. The topological polar surface area (TPSA) is 105 Å². The summed E-state index contributed by atoms with van der Waals surface area (Å²) < 4.78 is 22.0. The fraction of sp³-hybridized carbons (Fsp3) is 0.421. The molecule has 3 aromatic rings. The van der Waals surface area contributed by atoms with Crippen LogP contribution in [0.15, 0.2) is 72.8 Å². The first-order valence-corrected chi connectivity index (χ1v) is 16.2. The maximum Gasteiger partial charge on any atom is 0.343 e. The number of carbonyl (C=O) groups is 4. The molecule has 0 aliphatic heterocycles. The zero-order valence-corrected chi connectivity index (χ0v) is 27.7. The van der Waals surface area contributed by atoms with Gasteiger partial charge in [-0.3, -0.25) is 0 Å². The number of hydrogen-bond acceptors (Lipinski definition) is 8. The fourth-order valence-electron chi connectivity index (χ4n) is 5.17. The molecule has 0 N–H and O–H groups in total. The van der Waals surface area contributed by atoms with E-state index < -0.39 is 23.9 Å². The van der Waals surface area contributed by atoms with Gasteiger partial charge in [-0.25, -0.2) is 19.2 Å². The molecule has 8 heteroatoms. The first-order chi connectivity index (χ1) is 22.1. The summed E-state index contributed by atoms with van der Waals surface area (Å²) in [4.78, 5) is 50.4. The number of ether oxygens (including phenoxy) is 4. The molecule has 0 aliphatic rings. The lowest BCUT2D eigenvalue weighted by molar-refractivity contribution is 0.0275. The SMILES string of the molecule is CCC(CC)C[C@@H](C)OC(=O)c1ccc(OC(=O)c2ccc(C(=O)Oc3ccc(C(=O)O[C@H](C)CC(CC)CC)cc3)cc2)cc1. The second kappa shape index (κ2) is 17.9. The van der Waals surface area contributed by atoms with E-state index in [9.17, 15) is 19.2 Å². The summed E-state index contributed by atoms with van der Waals surface area (Å²) >= 11 is 0. The summed E-state index contributed by atoms with van der Waals surface area (Å²) in [5, 5.41) is 0. The van der Waals surface area contributed by atoms with E-state index in [1.54, 1.807) is 24.3 Å². The first kappa shape index (κ1) is 36.0. The van der Waals surface area contributed by atoms with Gasteiger partial charge in [0.25, 0.3) is 0 Å². The van der Waals surface area contributed by atoms with Crippen molar-refractivity contribution in [3.05, 3.63) is 95.1 Å². The summed E-state index contributed by atoms with van der Waals surface area (Å²) in [5.41, 5.74) is 1.21. The Morgan fingerprint density at radius 3 is 1.00 bits per heavy atom. The number of benzene rings is 3. The van der Waals surface area contributed by atoms with Gasteiger partial charge >= 0.3 is 23.9 Å². The molecule has 0 aromatic heterocycles. The van der Waals surface area contributed by atoms with Crippen LogP contribution in [-0.4, -0.2) is 36.1 Å². The number of carbonyl (C=O) groups excluding carboxylic acids is 4. The zero-order valence-electron chi connectivity index (χ0n) is 27.7. The molecule has 0 spiro atoms. The van der Waals surface area contributed by atoms with Crippen LogP contribution in [0.5, 0.6) is 11.5 Å². The van der Waals surface area contributed by atoms with Crippen molar-refractivity contribution in [1.29, 1.82) is 0 Å². The number of rotatable bonds is 16. The van der Waals surface area contributed by atoms with E-state index in [1.165, 1.54) is 48.5 Å². The Morgan fingerprint density at radius 1 is 0.457 bits per heavy atom. The maximum atomic E-state index is 12.7. The summed E-state index contributed by atoms with van der Waals surface area (Å²) in [6.07, 6.45) is 5.41. The predicted molar refractivity (Wildman–Crippen MR) is 176 cm³/mol. The van der Waals surface area contributed by atoms with Crippen LogP contribution in [-0.2, 0) is 9.47 Å². The largest absolute Gasteiger partial charge is 0.459 e. The minimum absolute atomic E-state index is 0.190. The molecule has 0 amide bonds. The molecule has 3 rings (SSSR count). The van der Waals surface area contributed by atoms with Gasteiger partial charge in [-0.15, -0.1) is 0 Å². The van der Waals surface area contributed by atoms with Crippen molar-refractivity contribution in [3.63, 3.8) is 0 Å². The summed E-state index contributed by atoms with van der Waals surface area (Å²) in [7, 11) is 0. The van der Waals surface area contributed by atoms with Crippen molar-refractivity contribution in [3.8, 4) is 11.5 Å². The average Bonchev–Trinajstić information content (AvgIpc) is 3.06. The Hall–Kier alpha value is -4.46. The van der Waals surface area contributed by atoms with E-state index in [2.05, 4.69) is 27.7 Å². The van der Waals surface area contributed by atoms with Crippen LogP contribution in [0.3, 0.4) is 0 Å². The van der Waals surface area contributed by atoms with E-state index in [0.717, 1.165) is 38.5 Å². The molecule has 0 bridgehead atoms. The van der Waals surface area contributed by atoms with Crippen LogP contribution in [0.1, 0.15) is 121 Å². The van der Waals surface area contributed by atoms with E-state index in [0.29, 0.717) is 23.0 Å². The lowest BCUT2D eigenvalue weighted by atomic mass is 9.97. The summed E-state index contributed by atoms with van der Waals surface area (Å²) in [5.74, 6) is -0.524. The quantitative estimate of drug-likeness (QED) is 0.114. The standard InChI is InChI=1S/C38H46O8/c1-7-27(8-2)23-25(5)43-35(39)31-15-19-33(20-16-31)45-37(41)29-11-13-30(14-12-29)38(42)46-34-21-17-32(18-22-34)36(40)44-26(6)24-28(9-3)10-4/h11-22,25-28H,7-10,23-24H2,1-6H3/t25-,26-/m1/s1. The van der Waals surface area contributed by atoms with Gasteiger partial charge in [-0.1, -0.05) is 53.4 Å². The first-order valence-electron chi connectivity index (χ1n) is 16.2. The molecule has 3 aromatic carbocycles. The molecule has 0 heterocycles. The van der Waals surface area contributed by atoms with Gasteiger partial charge in [0, 0.05) is 0 Å². The van der Waals surface area contributed by atoms with Crippen molar-refractivity contribution >= 4 is 23.9 Å². The Kier molecular flexibility index (Phi) is 14.0. The molecule has 0 fully saturated rings. The molecule has 0 saturated carbocycles. The third-order valence-electron chi connectivity index (χ3n) is 8.21. The van der Waals surface area contributed by atoms with Crippen molar-refractivity contribution < 1.29 is 38.1 Å². The molecule has 46 heavy (non-hydrogen) atoms. The Labute approximate surface area is 272 Å². The maximum absolute atomic E-state index is 12.7. The minimum Gasteiger partial charge on any atom is -0.459 e. The molecule has 0 radical (unpaired) electrons. The van der Waals surface area contributed by atoms with E-state index in [-0.39, 0.29) is 34.8 Å². The Balaban J connectivity index is 1.50. The van der Waals surface area contributed by atoms with Gasteiger partial charge in [0.2, 0.25) is 0 Å². The van der Waals surface area contributed by atoms with Gasteiger partial charge < -0.3 is 18.9 Å². The fourth-order valence-corrected chi connectivity index (χ4v) is 5.17. The van der Waals surface area contributed by atoms with E-state index in [4.69, 9.17) is 18.9 Å². The van der Waals surface area contributed by atoms with Gasteiger partial charge in [-0.2, -0.15) is 0 Å². The van der Waals surface area contributed by atoms with Crippen LogP contribution < -0.4 is 9.47 Å². The van der Waals surface area contributed by atoms with Crippen molar-refractivity contribution in [2.45, 2.75) is 92.3 Å². The van der Waals surface area contributed by atoms with Crippen LogP contribution in [0.25, 0.3) is 0 Å². The van der Waals surface area contributed by atoms with Crippen LogP contribution in [0.2, 0.25) is 0 Å². The van der Waals surface area contributed by atoms with Crippen LogP contribution >= 0.6 is 0 Å². The molecule has 0 aliphatic carbocycles. The van der Waals surface area contributed by atoms with Gasteiger partial charge in [0.15, 0.2) is 0 Å². The third kappa shape index (κ3) is 10.9. The Morgan fingerprint density at radius 2 is 0.717 bits per heavy atom. The normalized spacial score (nSPS) is 12.3. The average molecular weight is 631 g/mol. The lowest BCUT2D eigenvalue weighted by Gasteiger charge is -2.18. The van der Waals surface area contributed by atoms with Crippen LogP contribution in [0, 0.1) is 11.8 Å². The highest BCUT2D eigenvalue weighted by atomic mass is 16.6. The highest BCUT2D eigenvalue weighted by Crippen LogP contribution is 2.21. The van der Waals surface area contributed by atoms with Gasteiger partial charge in [0.1, 0.15) is 11.5 Å². The third-order valence-corrected chi connectivity index (χ3v) is 8.21. The van der Waals surface area contributed by atoms with E-state index in [1.807, 2.05) is 13.8 Å². The van der Waals surface area contributed by atoms with Gasteiger partial charge in [0.05, 0.1) is 34.5 Å². The molecule has 2 atom stereocenters. The summed E-state index contributed by atoms with van der Waals surface area (Å²) in [6.45, 7) is 12.3. The predicted octanol–water partition coefficient (Wildman–Crippen LogP) is 8.87. The minimum atomic E-state index is -0.620. The monoisotopic (exact) mass is 630 g/mol. The highest BCUT2D eigenvalue weighted by Gasteiger charge is 2.18. The smallest absolute Gasteiger partial charge is 0.343 e. The molecular weight excluding hydrogens is 584 g/mol. The van der Waals surface area contributed by atoms with Crippen molar-refractivity contribution in [1.82, 2.24) is 0 Å². The number of hydrogen-bond donors (Lipinski definition) is 0. The van der Waals surface area contributed by atoms with Crippen molar-refractivity contribution in [2.75, 3.05) is 0 Å². The summed E-state index contributed by atoms with van der Waals surface area (Å²) in [6, 6.07) is 18.2. The second-order valence-electron chi connectivity index (χ2n) is 11.7. The number of esters is 4. The van der Waals surface area contributed by atoms with E-state index >= 15 is 0 Å². The molecule has 0 unspecified atom stereocenters. The molecular formula is C38H46O8. The lowest BCUT2D eigenvalue weighted by Crippen LogP contribution is -2.18. The Bertz CT molecular complexity index is 1310. The van der Waals surface area contributed by atoms with Crippen molar-refractivity contribution in [2.24, 2.45) is 11.8 Å². The molecule has 246 valence electrons. The van der Waals surface area contributed by atoms with Gasteiger partial charge in [-0.05, 0) is 111 Å².